The molecular formula is C21H26ClN3O2. The van der Waals surface area contributed by atoms with Crippen LogP contribution in [-0.2, 0) is 5.54 Å². The Hall–Kier alpha value is -2.40. The second-order valence-electron chi connectivity index (χ2n) is 7.23. The molecule has 2 amide bonds. The molecule has 6 heteroatoms. The fraction of sp³-hybridized carbons (Fsp3) is 0.381. The van der Waals surface area contributed by atoms with E-state index in [0.29, 0.717) is 18.1 Å². The zero-order chi connectivity index (χ0) is 19.4. The quantitative estimate of drug-likeness (QED) is 0.858. The highest BCUT2D eigenvalue weighted by molar-refractivity contribution is 6.30. The van der Waals surface area contributed by atoms with Gasteiger partial charge < -0.3 is 19.9 Å². The van der Waals surface area contributed by atoms with Crippen molar-refractivity contribution in [3.63, 3.8) is 0 Å². The van der Waals surface area contributed by atoms with Gasteiger partial charge in [-0.3, -0.25) is 0 Å². The Morgan fingerprint density at radius 3 is 2.15 bits per heavy atom. The van der Waals surface area contributed by atoms with Crippen molar-refractivity contribution in [1.82, 2.24) is 10.2 Å². The number of hydrogen-bond donors (Lipinski definition) is 1. The van der Waals surface area contributed by atoms with Gasteiger partial charge in [0.15, 0.2) is 0 Å². The van der Waals surface area contributed by atoms with Crippen molar-refractivity contribution >= 4 is 23.3 Å². The molecule has 0 bridgehead atoms. The molecule has 1 heterocycles. The van der Waals surface area contributed by atoms with Crippen molar-refractivity contribution in [3.8, 4) is 5.75 Å². The van der Waals surface area contributed by atoms with E-state index in [0.717, 1.165) is 30.1 Å². The van der Waals surface area contributed by atoms with E-state index >= 15 is 0 Å². The molecule has 0 saturated carbocycles. The molecule has 2 aromatic carbocycles. The van der Waals surface area contributed by atoms with Gasteiger partial charge in [0.2, 0.25) is 0 Å². The molecule has 0 spiro atoms. The van der Waals surface area contributed by atoms with E-state index in [1.807, 2.05) is 55.1 Å². The zero-order valence-electron chi connectivity index (χ0n) is 16.0. The van der Waals surface area contributed by atoms with Crippen molar-refractivity contribution in [2.75, 3.05) is 38.2 Å². The second kappa shape index (κ2) is 8.09. The summed E-state index contributed by atoms with van der Waals surface area (Å²) < 4.78 is 5.21. The zero-order valence-corrected chi connectivity index (χ0v) is 16.8. The highest BCUT2D eigenvalue weighted by Crippen LogP contribution is 2.23. The van der Waals surface area contributed by atoms with E-state index in [-0.39, 0.29) is 6.03 Å². The smallest absolute Gasteiger partial charge is 0.318 e. The molecule has 144 valence electrons. The monoisotopic (exact) mass is 387 g/mol. The highest BCUT2D eigenvalue weighted by Gasteiger charge is 2.27. The molecule has 1 aliphatic rings. The molecule has 1 saturated heterocycles. The molecule has 1 fully saturated rings. The Balaban J connectivity index is 1.56. The number of benzene rings is 2. The number of amides is 2. The molecule has 0 atom stereocenters. The fourth-order valence-electron chi connectivity index (χ4n) is 3.25. The van der Waals surface area contributed by atoms with Crippen LogP contribution >= 0.6 is 11.6 Å². The predicted molar refractivity (Wildman–Crippen MR) is 110 cm³/mol. The molecule has 1 N–H and O–H groups in total. The van der Waals surface area contributed by atoms with E-state index in [9.17, 15) is 4.79 Å². The Morgan fingerprint density at radius 2 is 1.59 bits per heavy atom. The number of nitrogens with zero attached hydrogens (tertiary/aromatic N) is 2. The Morgan fingerprint density at radius 1 is 1.00 bits per heavy atom. The third-order valence-electron chi connectivity index (χ3n) is 4.99. The first-order valence-electron chi connectivity index (χ1n) is 9.11. The van der Waals surface area contributed by atoms with Gasteiger partial charge in [-0.25, -0.2) is 4.79 Å². The molecule has 0 aliphatic carbocycles. The number of urea groups is 1. The van der Waals surface area contributed by atoms with Gasteiger partial charge in [0.05, 0.1) is 12.6 Å². The maximum absolute atomic E-state index is 12.7. The standard InChI is InChI=1S/C21H26ClN3O2/c1-21(2,16-4-6-17(22)7-5-16)23-20(26)25-14-12-24(13-15-25)18-8-10-19(27-3)11-9-18/h4-11H,12-15H2,1-3H3,(H,23,26). The number of carbonyl (C=O) groups is 1. The fourth-order valence-corrected chi connectivity index (χ4v) is 3.37. The Labute approximate surface area is 165 Å². The van der Waals surface area contributed by atoms with Crippen molar-refractivity contribution in [2.24, 2.45) is 0 Å². The number of nitrogens with one attached hydrogen (secondary N) is 1. The summed E-state index contributed by atoms with van der Waals surface area (Å²) >= 11 is 5.96. The molecule has 1 aliphatic heterocycles. The van der Waals surface area contributed by atoms with Crippen LogP contribution in [-0.4, -0.2) is 44.2 Å². The lowest BCUT2D eigenvalue weighted by molar-refractivity contribution is 0.183. The molecule has 27 heavy (non-hydrogen) atoms. The summed E-state index contributed by atoms with van der Waals surface area (Å²) in [6.45, 7) is 6.99. The van der Waals surface area contributed by atoms with Crippen LogP contribution in [0.4, 0.5) is 10.5 Å². The highest BCUT2D eigenvalue weighted by atomic mass is 35.5. The van der Waals surface area contributed by atoms with Crippen LogP contribution in [0.2, 0.25) is 5.02 Å². The van der Waals surface area contributed by atoms with Crippen molar-refractivity contribution in [3.05, 3.63) is 59.1 Å². The van der Waals surface area contributed by atoms with Crippen LogP contribution in [0, 0.1) is 0 Å². The van der Waals surface area contributed by atoms with E-state index in [1.165, 1.54) is 0 Å². The number of anilines is 1. The second-order valence-corrected chi connectivity index (χ2v) is 7.67. The molecule has 0 aromatic heterocycles. The topological polar surface area (TPSA) is 44.8 Å². The number of carbonyl (C=O) groups excluding carboxylic acids is 1. The van der Waals surface area contributed by atoms with Gasteiger partial charge in [-0.1, -0.05) is 23.7 Å². The minimum absolute atomic E-state index is 0.0377. The lowest BCUT2D eigenvalue weighted by Crippen LogP contribution is -2.55. The third-order valence-corrected chi connectivity index (χ3v) is 5.24. The molecule has 0 radical (unpaired) electrons. The molecule has 5 nitrogen and oxygen atoms in total. The van der Waals surface area contributed by atoms with Crippen LogP contribution in [0.1, 0.15) is 19.4 Å². The van der Waals surface area contributed by atoms with E-state index in [2.05, 4.69) is 22.3 Å². The van der Waals surface area contributed by atoms with Crippen molar-refractivity contribution in [1.29, 1.82) is 0 Å². The maximum atomic E-state index is 12.7. The van der Waals surface area contributed by atoms with Crippen LogP contribution in [0.3, 0.4) is 0 Å². The number of rotatable bonds is 4. The van der Waals surface area contributed by atoms with Crippen molar-refractivity contribution < 1.29 is 9.53 Å². The van der Waals surface area contributed by atoms with Gasteiger partial charge in [0.25, 0.3) is 0 Å². The first kappa shape index (κ1) is 19.4. The minimum atomic E-state index is -0.464. The molecule has 2 aromatic rings. The summed E-state index contributed by atoms with van der Waals surface area (Å²) in [5.41, 5.74) is 1.71. The van der Waals surface area contributed by atoms with E-state index < -0.39 is 5.54 Å². The summed E-state index contributed by atoms with van der Waals surface area (Å²) in [6.07, 6.45) is 0. The SMILES string of the molecule is COc1ccc(N2CCN(C(=O)NC(C)(C)c3ccc(Cl)cc3)CC2)cc1. The normalized spacial score (nSPS) is 14.8. The third kappa shape index (κ3) is 4.66. The van der Waals surface area contributed by atoms with Crippen LogP contribution in [0.5, 0.6) is 5.75 Å². The van der Waals surface area contributed by atoms with Crippen LogP contribution in [0.15, 0.2) is 48.5 Å². The summed E-state index contributed by atoms with van der Waals surface area (Å²) in [5.74, 6) is 0.848. The van der Waals surface area contributed by atoms with Gasteiger partial charge in [-0.2, -0.15) is 0 Å². The lowest BCUT2D eigenvalue weighted by Gasteiger charge is -2.38. The molecular weight excluding hydrogens is 362 g/mol. The van der Waals surface area contributed by atoms with Gasteiger partial charge >= 0.3 is 6.03 Å². The molecule has 3 rings (SSSR count). The summed E-state index contributed by atoms with van der Waals surface area (Å²) in [7, 11) is 1.66. The summed E-state index contributed by atoms with van der Waals surface area (Å²) in [6, 6.07) is 15.6. The minimum Gasteiger partial charge on any atom is -0.497 e. The van der Waals surface area contributed by atoms with Gasteiger partial charge in [-0.05, 0) is 55.8 Å². The largest absolute Gasteiger partial charge is 0.497 e. The first-order valence-corrected chi connectivity index (χ1v) is 9.49. The summed E-state index contributed by atoms with van der Waals surface area (Å²) in [5, 5.41) is 3.83. The lowest BCUT2D eigenvalue weighted by atomic mass is 9.94. The number of piperazine rings is 1. The molecule has 0 unspecified atom stereocenters. The van der Waals surface area contributed by atoms with Gasteiger partial charge in [0.1, 0.15) is 5.75 Å². The van der Waals surface area contributed by atoms with Gasteiger partial charge in [-0.15, -0.1) is 0 Å². The average molecular weight is 388 g/mol. The number of ether oxygens (including phenoxy) is 1. The van der Waals surface area contributed by atoms with Crippen molar-refractivity contribution in [2.45, 2.75) is 19.4 Å². The summed E-state index contributed by atoms with van der Waals surface area (Å²) in [4.78, 5) is 16.9. The number of methoxy groups -OCH3 is 1. The predicted octanol–water partition coefficient (Wildman–Crippen LogP) is 4.12. The average Bonchev–Trinajstić information content (AvgIpc) is 2.68. The Kier molecular flexibility index (Phi) is 5.80. The Bertz CT molecular complexity index is 767. The van der Waals surface area contributed by atoms with Gasteiger partial charge in [0, 0.05) is 36.9 Å². The van der Waals surface area contributed by atoms with E-state index in [4.69, 9.17) is 16.3 Å². The van der Waals surface area contributed by atoms with Crippen LogP contribution in [0.25, 0.3) is 0 Å². The first-order chi connectivity index (χ1) is 12.9. The van der Waals surface area contributed by atoms with Crippen LogP contribution < -0.4 is 15.0 Å². The maximum Gasteiger partial charge on any atom is 0.318 e. The number of halogens is 1. The number of hydrogen-bond acceptors (Lipinski definition) is 3. The van der Waals surface area contributed by atoms with E-state index in [1.54, 1.807) is 7.11 Å².